The summed E-state index contributed by atoms with van der Waals surface area (Å²) in [7, 11) is -4.07. The molecule has 0 atom stereocenters. The second-order valence-corrected chi connectivity index (χ2v) is 8.57. The van der Waals surface area contributed by atoms with Crippen LogP contribution in [0.4, 0.5) is 10.6 Å². The third kappa shape index (κ3) is 4.13. The van der Waals surface area contributed by atoms with E-state index < -0.39 is 16.1 Å². The van der Waals surface area contributed by atoms with Crippen molar-refractivity contribution in [1.82, 2.24) is 24.6 Å². The van der Waals surface area contributed by atoms with Crippen molar-refractivity contribution in [1.29, 1.82) is 0 Å². The molecule has 9 nitrogen and oxygen atoms in total. The van der Waals surface area contributed by atoms with Gasteiger partial charge in [-0.1, -0.05) is 23.7 Å². The van der Waals surface area contributed by atoms with Crippen LogP contribution in [0, 0.1) is 20.8 Å². The predicted octanol–water partition coefficient (Wildman–Crippen LogP) is 2.28. The van der Waals surface area contributed by atoms with Crippen LogP contribution in [0.5, 0.6) is 0 Å². The minimum Gasteiger partial charge on any atom is -0.382 e. The fourth-order valence-electron chi connectivity index (χ4n) is 3.04. The van der Waals surface area contributed by atoms with Gasteiger partial charge in [-0.2, -0.15) is 0 Å². The number of nitrogen functional groups attached to an aromatic ring is 1. The van der Waals surface area contributed by atoms with Gasteiger partial charge in [-0.3, -0.25) is 0 Å². The van der Waals surface area contributed by atoms with Crippen molar-refractivity contribution in [2.45, 2.75) is 32.2 Å². The molecule has 2 amide bonds. The Balaban J connectivity index is 1.71. The Bertz CT molecular complexity index is 1210. The van der Waals surface area contributed by atoms with Gasteiger partial charge in [0.05, 0.1) is 10.5 Å². The third-order valence-corrected chi connectivity index (χ3v) is 6.39. The summed E-state index contributed by atoms with van der Waals surface area (Å²) in [5.74, 6) is 1.06. The molecule has 154 valence electrons. The maximum absolute atomic E-state index is 12.3. The van der Waals surface area contributed by atoms with E-state index in [9.17, 15) is 13.2 Å². The van der Waals surface area contributed by atoms with E-state index in [-0.39, 0.29) is 16.5 Å². The number of hydrogen-bond acceptors (Lipinski definition) is 6. The molecule has 3 rings (SSSR count). The Morgan fingerprint density at radius 1 is 1.21 bits per heavy atom. The summed E-state index contributed by atoms with van der Waals surface area (Å²) >= 11 is 5.90. The van der Waals surface area contributed by atoms with Crippen LogP contribution in [0.3, 0.4) is 0 Å². The van der Waals surface area contributed by atoms with Gasteiger partial charge in [0.1, 0.15) is 16.2 Å². The number of fused-ring (bicyclic) bond motifs is 1. The first kappa shape index (κ1) is 20.9. The molecule has 0 spiro atoms. The highest BCUT2D eigenvalue weighted by Crippen LogP contribution is 2.25. The van der Waals surface area contributed by atoms with Gasteiger partial charge in [-0.25, -0.2) is 27.9 Å². The zero-order valence-electron chi connectivity index (χ0n) is 16.2. The Kier molecular flexibility index (Phi) is 5.67. The summed E-state index contributed by atoms with van der Waals surface area (Å²) in [6, 6.07) is 5.04. The van der Waals surface area contributed by atoms with Crippen LogP contribution in [-0.4, -0.2) is 35.5 Å². The number of carbonyl (C=O) groups excluding carboxylic acids is 1. The summed E-state index contributed by atoms with van der Waals surface area (Å²) in [5, 5.41) is 2.57. The van der Waals surface area contributed by atoms with Gasteiger partial charge in [0, 0.05) is 18.8 Å². The van der Waals surface area contributed by atoms with E-state index in [1.54, 1.807) is 6.07 Å². The van der Waals surface area contributed by atoms with Gasteiger partial charge in [0.25, 0.3) is 10.0 Å². The summed E-state index contributed by atoms with van der Waals surface area (Å²) in [6.45, 7) is 6.18. The molecule has 0 saturated heterocycles. The van der Waals surface area contributed by atoms with Crippen LogP contribution in [-0.2, 0) is 16.6 Å². The van der Waals surface area contributed by atoms with Gasteiger partial charge < -0.3 is 15.6 Å². The van der Waals surface area contributed by atoms with Crippen molar-refractivity contribution in [3.8, 4) is 0 Å². The summed E-state index contributed by atoms with van der Waals surface area (Å²) in [5.41, 5.74) is 9.17. The molecule has 0 unspecified atom stereocenters. The van der Waals surface area contributed by atoms with Gasteiger partial charge in [-0.05, 0) is 38.5 Å². The number of anilines is 1. The number of nitrogens with one attached hydrogen (secondary N) is 2. The summed E-state index contributed by atoms with van der Waals surface area (Å²) < 4.78 is 28.5. The number of aryl methyl sites for hydroxylation is 3. The van der Waals surface area contributed by atoms with E-state index in [2.05, 4.69) is 15.3 Å². The molecule has 0 radical (unpaired) electrons. The largest absolute Gasteiger partial charge is 0.382 e. The molecule has 29 heavy (non-hydrogen) atoms. The predicted molar refractivity (Wildman–Crippen MR) is 111 cm³/mol. The molecular weight excluding hydrogens is 416 g/mol. The molecule has 0 aliphatic heterocycles. The van der Waals surface area contributed by atoms with Crippen LogP contribution >= 0.6 is 11.6 Å². The second kappa shape index (κ2) is 7.88. The summed E-state index contributed by atoms with van der Waals surface area (Å²) in [6.07, 6.45) is 0. The summed E-state index contributed by atoms with van der Waals surface area (Å²) in [4.78, 5) is 20.7. The maximum atomic E-state index is 12.3. The maximum Gasteiger partial charge on any atom is 0.328 e. The molecule has 0 saturated carbocycles. The van der Waals surface area contributed by atoms with Crippen LogP contribution in [0.25, 0.3) is 11.0 Å². The lowest BCUT2D eigenvalue weighted by Crippen LogP contribution is -2.40. The third-order valence-electron chi connectivity index (χ3n) is 4.56. The number of nitrogens with zero attached hydrogens (tertiary/aromatic N) is 3. The highest BCUT2D eigenvalue weighted by Gasteiger charge is 2.20. The van der Waals surface area contributed by atoms with Crippen LogP contribution < -0.4 is 15.8 Å². The fourth-order valence-corrected chi connectivity index (χ4v) is 4.49. The Labute approximate surface area is 173 Å². The highest BCUT2D eigenvalue weighted by molar-refractivity contribution is 7.90. The molecule has 11 heteroatoms. The molecule has 0 bridgehead atoms. The molecule has 0 fully saturated rings. The van der Waals surface area contributed by atoms with E-state index in [0.29, 0.717) is 23.7 Å². The van der Waals surface area contributed by atoms with Crippen LogP contribution in [0.15, 0.2) is 29.2 Å². The van der Waals surface area contributed by atoms with Crippen LogP contribution in [0.2, 0.25) is 5.02 Å². The molecule has 0 aliphatic rings. The normalized spacial score (nSPS) is 11.6. The lowest BCUT2D eigenvalue weighted by atomic mass is 10.2. The van der Waals surface area contributed by atoms with E-state index in [0.717, 1.165) is 16.8 Å². The lowest BCUT2D eigenvalue weighted by molar-refractivity contribution is 0.245. The second-order valence-electron chi connectivity index (χ2n) is 6.51. The average molecular weight is 437 g/mol. The standard InChI is InChI=1S/C18H21ClN6O3S/c1-10-11(2)22-17(20)15-16(10)25(12(3)23-15)9-8-21-18(26)24-29(27,28)14-7-5-4-6-13(14)19/h4-7H,8-9H2,1-3H3,(H2,20,22)(H2,21,24,26). The molecule has 4 N–H and O–H groups in total. The minimum absolute atomic E-state index is 0.0327. The number of urea groups is 1. The zero-order chi connectivity index (χ0) is 21.3. The minimum atomic E-state index is -4.07. The molecule has 3 aromatic rings. The monoisotopic (exact) mass is 436 g/mol. The number of imidazole rings is 1. The molecule has 2 aromatic heterocycles. The Morgan fingerprint density at radius 3 is 2.59 bits per heavy atom. The van der Waals surface area contributed by atoms with Crippen molar-refractivity contribution < 1.29 is 13.2 Å². The number of carbonyl (C=O) groups is 1. The van der Waals surface area contributed by atoms with Crippen molar-refractivity contribution in [3.05, 3.63) is 46.4 Å². The number of nitrogens with two attached hydrogens (primary N) is 1. The Hall–Kier alpha value is -2.85. The quantitative estimate of drug-likeness (QED) is 0.562. The molecular formula is C18H21ClN6O3S. The number of rotatable bonds is 5. The number of halogens is 1. The lowest BCUT2D eigenvalue weighted by Gasteiger charge is -2.12. The molecule has 1 aromatic carbocycles. The first-order valence-corrected chi connectivity index (χ1v) is 10.6. The highest BCUT2D eigenvalue weighted by atomic mass is 35.5. The van der Waals surface area contributed by atoms with Crippen molar-refractivity contribution in [2.24, 2.45) is 0 Å². The van der Waals surface area contributed by atoms with Gasteiger partial charge in [0.2, 0.25) is 0 Å². The number of amides is 2. The van der Waals surface area contributed by atoms with E-state index in [1.165, 1.54) is 18.2 Å². The molecule has 2 heterocycles. The van der Waals surface area contributed by atoms with Crippen molar-refractivity contribution >= 4 is 44.5 Å². The topological polar surface area (TPSA) is 132 Å². The SMILES string of the molecule is Cc1nc(N)c2nc(C)n(CCNC(=O)NS(=O)(=O)c3ccccc3Cl)c2c1C. The van der Waals surface area contributed by atoms with Gasteiger partial charge in [0.15, 0.2) is 5.82 Å². The first-order valence-electron chi connectivity index (χ1n) is 8.76. The number of pyridine rings is 1. The van der Waals surface area contributed by atoms with E-state index in [1.807, 2.05) is 30.1 Å². The zero-order valence-corrected chi connectivity index (χ0v) is 17.7. The van der Waals surface area contributed by atoms with E-state index >= 15 is 0 Å². The van der Waals surface area contributed by atoms with Crippen molar-refractivity contribution in [3.63, 3.8) is 0 Å². The smallest absolute Gasteiger partial charge is 0.328 e. The first-order chi connectivity index (χ1) is 13.6. The fraction of sp³-hybridized carbons (Fsp3) is 0.278. The number of hydrogen-bond donors (Lipinski definition) is 3. The molecule has 0 aliphatic carbocycles. The number of benzene rings is 1. The number of sulfonamides is 1. The van der Waals surface area contributed by atoms with Crippen LogP contribution in [0.1, 0.15) is 17.1 Å². The average Bonchev–Trinajstić information content (AvgIpc) is 2.97. The number of aromatic nitrogens is 3. The van der Waals surface area contributed by atoms with E-state index in [4.69, 9.17) is 17.3 Å². The van der Waals surface area contributed by atoms with Gasteiger partial charge >= 0.3 is 6.03 Å². The Morgan fingerprint density at radius 2 is 1.90 bits per heavy atom. The van der Waals surface area contributed by atoms with Gasteiger partial charge in [-0.15, -0.1) is 0 Å². The van der Waals surface area contributed by atoms with Crippen molar-refractivity contribution in [2.75, 3.05) is 12.3 Å².